The second-order valence-electron chi connectivity index (χ2n) is 4.02. The summed E-state index contributed by atoms with van der Waals surface area (Å²) in [6.45, 7) is 4.29. The summed E-state index contributed by atoms with van der Waals surface area (Å²) < 4.78 is -0.231. The molecule has 1 aromatic rings. The molecular formula is C14H19NS. The Morgan fingerprint density at radius 3 is 2.12 bits per heavy atom. The van der Waals surface area contributed by atoms with Gasteiger partial charge in [-0.2, -0.15) is 5.26 Å². The van der Waals surface area contributed by atoms with Gasteiger partial charge in [-0.3, -0.25) is 0 Å². The molecule has 0 N–H and O–H groups in total. The number of benzene rings is 1. The Hall–Kier alpha value is -0.940. The molecule has 0 amide bonds. The molecule has 1 nitrogen and oxygen atoms in total. The molecular weight excluding hydrogens is 214 g/mol. The Morgan fingerprint density at radius 2 is 1.69 bits per heavy atom. The lowest BCUT2D eigenvalue weighted by Crippen LogP contribution is -2.21. The number of thioether (sulfide) groups is 1. The maximum atomic E-state index is 9.43. The van der Waals surface area contributed by atoms with E-state index in [9.17, 15) is 5.26 Å². The maximum Gasteiger partial charge on any atom is 0.107 e. The zero-order chi connectivity index (χ0) is 11.9. The Labute approximate surface area is 103 Å². The lowest BCUT2D eigenvalue weighted by Gasteiger charge is -2.25. The predicted molar refractivity (Wildman–Crippen MR) is 70.5 cm³/mol. The van der Waals surface area contributed by atoms with Crippen molar-refractivity contribution in [1.82, 2.24) is 0 Å². The number of nitriles is 1. The fourth-order valence-electron chi connectivity index (χ4n) is 1.88. The van der Waals surface area contributed by atoms with Gasteiger partial charge in [0.05, 0.1) is 6.07 Å². The topological polar surface area (TPSA) is 23.8 Å². The molecule has 1 rings (SSSR count). The second-order valence-corrected chi connectivity index (χ2v) is 5.48. The van der Waals surface area contributed by atoms with Gasteiger partial charge in [0, 0.05) is 4.90 Å². The van der Waals surface area contributed by atoms with Crippen LogP contribution in [0.5, 0.6) is 0 Å². The van der Waals surface area contributed by atoms with Gasteiger partial charge in [0.15, 0.2) is 0 Å². The summed E-state index contributed by atoms with van der Waals surface area (Å²) in [5, 5.41) is 9.43. The highest BCUT2D eigenvalue weighted by atomic mass is 32.2. The summed E-state index contributed by atoms with van der Waals surface area (Å²) in [6, 6.07) is 12.8. The molecule has 0 atom stereocenters. The molecule has 0 heterocycles. The van der Waals surface area contributed by atoms with Gasteiger partial charge in [-0.05, 0) is 25.0 Å². The fourth-order valence-corrected chi connectivity index (χ4v) is 3.29. The molecule has 0 fully saturated rings. The van der Waals surface area contributed by atoms with Crippen molar-refractivity contribution in [3.05, 3.63) is 30.3 Å². The Kier molecular flexibility index (Phi) is 5.42. The zero-order valence-electron chi connectivity index (χ0n) is 10.1. The molecule has 0 aromatic heterocycles. The van der Waals surface area contributed by atoms with Crippen LogP contribution in [0.1, 0.15) is 39.5 Å². The number of nitrogens with zero attached hydrogens (tertiary/aromatic N) is 1. The van der Waals surface area contributed by atoms with E-state index in [2.05, 4.69) is 32.0 Å². The molecule has 0 bridgehead atoms. The molecule has 0 aliphatic heterocycles. The number of hydrogen-bond acceptors (Lipinski definition) is 2. The summed E-state index contributed by atoms with van der Waals surface area (Å²) in [5.74, 6) is 0. The SMILES string of the molecule is CCCC(C#N)(CCC)Sc1ccccc1. The van der Waals surface area contributed by atoms with Crippen LogP contribution >= 0.6 is 11.8 Å². The molecule has 0 aliphatic carbocycles. The number of rotatable bonds is 6. The van der Waals surface area contributed by atoms with E-state index in [0.717, 1.165) is 25.7 Å². The van der Waals surface area contributed by atoms with Crippen LogP contribution in [-0.2, 0) is 0 Å². The van der Waals surface area contributed by atoms with Crippen LogP contribution in [0.2, 0.25) is 0 Å². The van der Waals surface area contributed by atoms with Crippen LogP contribution in [0.4, 0.5) is 0 Å². The van der Waals surface area contributed by atoms with Crippen LogP contribution in [0, 0.1) is 11.3 Å². The highest BCUT2D eigenvalue weighted by Crippen LogP contribution is 2.39. The van der Waals surface area contributed by atoms with Gasteiger partial charge < -0.3 is 0 Å². The average molecular weight is 233 g/mol. The summed E-state index contributed by atoms with van der Waals surface area (Å²) in [4.78, 5) is 1.20. The van der Waals surface area contributed by atoms with E-state index in [-0.39, 0.29) is 4.75 Å². The molecule has 0 spiro atoms. The minimum absolute atomic E-state index is 0.231. The van der Waals surface area contributed by atoms with Gasteiger partial charge in [0.2, 0.25) is 0 Å². The van der Waals surface area contributed by atoms with Crippen LogP contribution in [0.15, 0.2) is 35.2 Å². The van der Waals surface area contributed by atoms with Crippen molar-refractivity contribution in [2.75, 3.05) is 0 Å². The van der Waals surface area contributed by atoms with E-state index >= 15 is 0 Å². The zero-order valence-corrected chi connectivity index (χ0v) is 10.9. The van der Waals surface area contributed by atoms with E-state index in [1.807, 2.05) is 18.2 Å². The minimum Gasteiger partial charge on any atom is -0.197 e. The molecule has 0 radical (unpaired) electrons. The van der Waals surface area contributed by atoms with Crippen molar-refractivity contribution < 1.29 is 0 Å². The lowest BCUT2D eigenvalue weighted by molar-refractivity contribution is 0.584. The van der Waals surface area contributed by atoms with Crippen molar-refractivity contribution in [3.8, 4) is 6.07 Å². The van der Waals surface area contributed by atoms with Crippen molar-refractivity contribution in [2.45, 2.75) is 49.2 Å². The second kappa shape index (κ2) is 6.60. The molecule has 0 unspecified atom stereocenters. The third-order valence-electron chi connectivity index (χ3n) is 2.57. The van der Waals surface area contributed by atoms with E-state index in [1.54, 1.807) is 11.8 Å². The lowest BCUT2D eigenvalue weighted by atomic mass is 9.99. The van der Waals surface area contributed by atoms with Crippen LogP contribution in [0.25, 0.3) is 0 Å². The van der Waals surface area contributed by atoms with Gasteiger partial charge >= 0.3 is 0 Å². The molecule has 1 aromatic carbocycles. The third kappa shape index (κ3) is 3.57. The highest BCUT2D eigenvalue weighted by Gasteiger charge is 2.29. The van der Waals surface area contributed by atoms with E-state index in [4.69, 9.17) is 0 Å². The first-order chi connectivity index (χ1) is 7.76. The van der Waals surface area contributed by atoms with Crippen LogP contribution in [0.3, 0.4) is 0 Å². The Balaban J connectivity index is 2.82. The summed E-state index contributed by atoms with van der Waals surface area (Å²) in [7, 11) is 0. The highest BCUT2D eigenvalue weighted by molar-refractivity contribution is 8.01. The largest absolute Gasteiger partial charge is 0.197 e. The van der Waals surface area contributed by atoms with Crippen LogP contribution in [-0.4, -0.2) is 4.75 Å². The smallest absolute Gasteiger partial charge is 0.107 e. The van der Waals surface area contributed by atoms with Gasteiger partial charge in [-0.25, -0.2) is 0 Å². The van der Waals surface area contributed by atoms with Crippen molar-refractivity contribution >= 4 is 11.8 Å². The van der Waals surface area contributed by atoms with Gasteiger partial charge in [0.1, 0.15) is 4.75 Å². The quantitative estimate of drug-likeness (QED) is 0.668. The monoisotopic (exact) mass is 233 g/mol. The predicted octanol–water partition coefficient (Wildman–Crippen LogP) is 4.64. The van der Waals surface area contributed by atoms with Crippen molar-refractivity contribution in [3.63, 3.8) is 0 Å². The number of hydrogen-bond donors (Lipinski definition) is 0. The first kappa shape index (κ1) is 13.1. The first-order valence-corrected chi connectivity index (χ1v) is 6.73. The first-order valence-electron chi connectivity index (χ1n) is 5.91. The normalized spacial score (nSPS) is 11.1. The average Bonchev–Trinajstić information content (AvgIpc) is 2.31. The maximum absolute atomic E-state index is 9.43. The summed E-state index contributed by atoms with van der Waals surface area (Å²) in [6.07, 6.45) is 4.06. The molecule has 16 heavy (non-hydrogen) atoms. The van der Waals surface area contributed by atoms with E-state index in [0.29, 0.717) is 0 Å². The Morgan fingerprint density at radius 1 is 1.12 bits per heavy atom. The van der Waals surface area contributed by atoms with E-state index in [1.165, 1.54) is 4.90 Å². The Bertz CT molecular complexity index is 334. The van der Waals surface area contributed by atoms with Crippen molar-refractivity contribution in [1.29, 1.82) is 5.26 Å². The van der Waals surface area contributed by atoms with E-state index < -0.39 is 0 Å². The van der Waals surface area contributed by atoms with Gasteiger partial charge in [0.25, 0.3) is 0 Å². The van der Waals surface area contributed by atoms with Gasteiger partial charge in [-0.15, -0.1) is 11.8 Å². The molecule has 0 saturated carbocycles. The molecule has 0 saturated heterocycles. The molecule has 2 heteroatoms. The molecule has 86 valence electrons. The molecule has 0 aliphatic rings. The van der Waals surface area contributed by atoms with Gasteiger partial charge in [-0.1, -0.05) is 44.9 Å². The standard InChI is InChI=1S/C14H19NS/c1-3-10-14(12-15,11-4-2)16-13-8-6-5-7-9-13/h5-9H,3-4,10-11H2,1-2H3. The fraction of sp³-hybridized carbons (Fsp3) is 0.500. The third-order valence-corrected chi connectivity index (χ3v) is 3.97. The summed E-state index contributed by atoms with van der Waals surface area (Å²) >= 11 is 1.72. The van der Waals surface area contributed by atoms with Crippen LogP contribution < -0.4 is 0 Å². The minimum atomic E-state index is -0.231. The van der Waals surface area contributed by atoms with Crippen molar-refractivity contribution in [2.24, 2.45) is 0 Å². The summed E-state index contributed by atoms with van der Waals surface area (Å²) in [5.41, 5.74) is 0.